The molecule has 3 aliphatic rings. The van der Waals surface area contributed by atoms with E-state index in [1.54, 1.807) is 25.6 Å². The Bertz CT molecular complexity index is 1860. The van der Waals surface area contributed by atoms with Gasteiger partial charge >= 0.3 is 12.1 Å². The third-order valence-electron chi connectivity index (χ3n) is 10.2. The number of hydrogen-bond donors (Lipinski definition) is 2. The number of rotatable bonds is 12. The third kappa shape index (κ3) is 7.11. The van der Waals surface area contributed by atoms with Gasteiger partial charge in [0.15, 0.2) is 11.5 Å². The highest BCUT2D eigenvalue weighted by atomic mass is 19.4. The van der Waals surface area contributed by atoms with Crippen LogP contribution in [0.25, 0.3) is 33.9 Å². The van der Waals surface area contributed by atoms with Crippen LogP contribution in [-0.4, -0.2) is 105 Å². The van der Waals surface area contributed by atoms with Crippen molar-refractivity contribution in [2.24, 2.45) is 5.41 Å². The number of H-pyrrole nitrogens is 1. The fourth-order valence-electron chi connectivity index (χ4n) is 7.32. The Morgan fingerprint density at radius 2 is 1.90 bits per heavy atom. The molecule has 266 valence electrons. The number of aliphatic carboxylic acids is 1. The summed E-state index contributed by atoms with van der Waals surface area (Å²) >= 11 is 0. The molecule has 0 aromatic carbocycles. The number of hydrogen-bond acceptors (Lipinski definition) is 10. The average molecular weight is 694 g/mol. The predicted molar refractivity (Wildman–Crippen MR) is 182 cm³/mol. The highest BCUT2D eigenvalue weighted by molar-refractivity contribution is 5.91. The number of piperazine rings is 1. The molecule has 0 spiro atoms. The van der Waals surface area contributed by atoms with Gasteiger partial charge in [0.05, 0.1) is 36.8 Å². The van der Waals surface area contributed by atoms with E-state index in [4.69, 9.17) is 24.8 Å². The number of pyridine rings is 2. The molecule has 7 rings (SSSR count). The zero-order chi connectivity index (χ0) is 35.2. The fourth-order valence-corrected chi connectivity index (χ4v) is 7.32. The summed E-state index contributed by atoms with van der Waals surface area (Å²) in [5.41, 5.74) is 2.54. The molecule has 2 aliphatic carbocycles. The zero-order valence-electron chi connectivity index (χ0n) is 28.5. The van der Waals surface area contributed by atoms with Gasteiger partial charge in [-0.05, 0) is 50.8 Å². The minimum Gasteiger partial charge on any atom is -0.481 e. The number of carboxylic acid groups (broad SMARTS) is 1. The predicted octanol–water partition coefficient (Wildman–Crippen LogP) is 5.61. The maximum atomic E-state index is 14.0. The number of nitrogens with zero attached hydrogens (tertiary/aromatic N) is 8. The minimum absolute atomic E-state index is 0.0123. The lowest BCUT2D eigenvalue weighted by Gasteiger charge is -2.44. The fraction of sp³-hybridized carbons (Fsp3) is 0.543. The van der Waals surface area contributed by atoms with E-state index in [-0.39, 0.29) is 23.8 Å². The smallest absolute Gasteiger partial charge is 0.433 e. The summed E-state index contributed by atoms with van der Waals surface area (Å²) in [5, 5.41) is 9.04. The van der Waals surface area contributed by atoms with Gasteiger partial charge in [-0.1, -0.05) is 6.42 Å². The number of methoxy groups -OCH3 is 1. The first-order valence-corrected chi connectivity index (χ1v) is 17.1. The molecule has 50 heavy (non-hydrogen) atoms. The minimum atomic E-state index is -4.59. The summed E-state index contributed by atoms with van der Waals surface area (Å²) in [5.74, 6) is 0.382. The molecule has 1 saturated heterocycles. The van der Waals surface area contributed by atoms with Crippen molar-refractivity contribution in [1.29, 1.82) is 0 Å². The summed E-state index contributed by atoms with van der Waals surface area (Å²) in [4.78, 5) is 43.8. The number of imidazole rings is 1. The van der Waals surface area contributed by atoms with Gasteiger partial charge in [-0.3, -0.25) is 9.69 Å². The lowest BCUT2D eigenvalue weighted by atomic mass is 9.69. The topological polar surface area (TPSA) is 136 Å². The first-order chi connectivity index (χ1) is 23.9. The summed E-state index contributed by atoms with van der Waals surface area (Å²) in [6.45, 7) is 6.05. The van der Waals surface area contributed by atoms with Gasteiger partial charge in [0.25, 0.3) is 0 Å². The number of nitrogens with one attached hydrogen (secondary N) is 1. The Hall–Kier alpha value is -4.37. The van der Waals surface area contributed by atoms with Crippen molar-refractivity contribution in [1.82, 2.24) is 34.8 Å². The summed E-state index contributed by atoms with van der Waals surface area (Å²) < 4.78 is 47.5. The lowest BCUT2D eigenvalue weighted by Crippen LogP contribution is -2.52. The Kier molecular flexibility index (Phi) is 9.14. The van der Waals surface area contributed by atoms with Crippen LogP contribution in [0.3, 0.4) is 0 Å². The quantitative estimate of drug-likeness (QED) is 0.192. The van der Waals surface area contributed by atoms with Crippen LogP contribution < -0.4 is 9.80 Å². The molecule has 4 aromatic rings. The molecule has 4 aromatic heterocycles. The molecular weight excluding hydrogens is 651 g/mol. The second kappa shape index (κ2) is 13.4. The van der Waals surface area contributed by atoms with Crippen LogP contribution in [-0.2, 0) is 15.7 Å². The Morgan fingerprint density at radius 3 is 2.52 bits per heavy atom. The second-order valence-corrected chi connectivity index (χ2v) is 14.1. The normalized spacial score (nSPS) is 19.5. The summed E-state index contributed by atoms with van der Waals surface area (Å²) in [6.07, 6.45) is 3.71. The molecule has 0 radical (unpaired) electrons. The van der Waals surface area contributed by atoms with Crippen LogP contribution in [0.4, 0.5) is 24.7 Å². The molecular formula is C35H42F3N9O3. The zero-order valence-corrected chi connectivity index (χ0v) is 28.5. The molecule has 5 heterocycles. The van der Waals surface area contributed by atoms with Gasteiger partial charge in [-0.2, -0.15) is 13.2 Å². The van der Waals surface area contributed by atoms with E-state index < -0.39 is 17.8 Å². The van der Waals surface area contributed by atoms with E-state index in [9.17, 15) is 18.0 Å². The van der Waals surface area contributed by atoms with Crippen molar-refractivity contribution in [3.63, 3.8) is 0 Å². The maximum absolute atomic E-state index is 14.0. The number of fused-ring (bicyclic) bond motifs is 1. The van der Waals surface area contributed by atoms with E-state index >= 15 is 0 Å². The van der Waals surface area contributed by atoms with Crippen molar-refractivity contribution in [2.75, 3.05) is 63.3 Å². The number of anilines is 2. The second-order valence-electron chi connectivity index (χ2n) is 14.1. The number of halogens is 3. The van der Waals surface area contributed by atoms with Gasteiger partial charge in [-0.15, -0.1) is 0 Å². The standard InChI is InChI=1S/C35H42F3N9O3/c1-21-18-46(10-7-30(48)49)11-12-47(21)29-17-39-26(16-40-29)32-43-31-27(45(2)19-34(20-50-3)8-4-9-34)15-25(42-33(31)44-32)23-13-24(22-5-6-22)41-28(14-23)35(36,37)38/h13-17,21-22H,4-12,18-20H2,1-3H3,(H,48,49)(H,42,43,44)/t21-/m1/s1. The Labute approximate surface area is 288 Å². The van der Waals surface area contributed by atoms with Crippen LogP contribution in [0.1, 0.15) is 62.8 Å². The van der Waals surface area contributed by atoms with Crippen LogP contribution in [0.15, 0.2) is 30.6 Å². The van der Waals surface area contributed by atoms with Gasteiger partial charge < -0.3 is 24.6 Å². The first kappa shape index (κ1) is 34.1. The molecule has 3 fully saturated rings. The lowest BCUT2D eigenvalue weighted by molar-refractivity contribution is -0.141. The molecule has 2 N–H and O–H groups in total. The highest BCUT2D eigenvalue weighted by Crippen LogP contribution is 2.44. The summed E-state index contributed by atoms with van der Waals surface area (Å²) in [7, 11) is 3.69. The molecule has 1 aliphatic heterocycles. The van der Waals surface area contributed by atoms with Crippen molar-refractivity contribution >= 4 is 28.6 Å². The number of ether oxygens (including phenoxy) is 1. The van der Waals surface area contributed by atoms with Gasteiger partial charge in [0.1, 0.15) is 22.7 Å². The molecule has 2 saturated carbocycles. The number of aromatic amines is 1. The van der Waals surface area contributed by atoms with E-state index in [1.807, 2.05) is 13.1 Å². The Balaban J connectivity index is 1.22. The number of carbonyl (C=O) groups is 1. The number of alkyl halides is 3. The van der Waals surface area contributed by atoms with Crippen LogP contribution in [0.5, 0.6) is 0 Å². The molecule has 15 heteroatoms. The molecule has 1 atom stereocenters. The molecule has 0 bridgehead atoms. The van der Waals surface area contributed by atoms with Crippen molar-refractivity contribution in [3.05, 3.63) is 42.0 Å². The van der Waals surface area contributed by atoms with E-state index in [1.165, 1.54) is 0 Å². The highest BCUT2D eigenvalue weighted by Gasteiger charge is 2.39. The van der Waals surface area contributed by atoms with Crippen LogP contribution >= 0.6 is 0 Å². The molecule has 0 unspecified atom stereocenters. The van der Waals surface area contributed by atoms with Crippen molar-refractivity contribution < 1.29 is 27.8 Å². The SMILES string of the molecule is COCC1(CN(C)c2cc(-c3cc(C4CC4)nc(C(F)(F)F)c3)nc3nc(-c4cnc(N5CCN(CCC(=O)O)C[C@H]5C)cn4)[nH]c23)CCC1. The summed E-state index contributed by atoms with van der Waals surface area (Å²) in [6, 6.07) is 4.76. The van der Waals surface area contributed by atoms with Crippen LogP contribution in [0, 0.1) is 5.41 Å². The van der Waals surface area contributed by atoms with Gasteiger partial charge in [0, 0.05) is 75.5 Å². The third-order valence-corrected chi connectivity index (χ3v) is 10.2. The molecule has 12 nitrogen and oxygen atoms in total. The average Bonchev–Trinajstić information content (AvgIpc) is 3.84. The first-order valence-electron chi connectivity index (χ1n) is 17.1. The van der Waals surface area contributed by atoms with E-state index in [2.05, 4.69) is 36.6 Å². The maximum Gasteiger partial charge on any atom is 0.433 e. The van der Waals surface area contributed by atoms with Crippen LogP contribution in [0.2, 0.25) is 0 Å². The van der Waals surface area contributed by atoms with Crippen molar-refractivity contribution in [2.45, 2.75) is 63.6 Å². The number of aromatic nitrogens is 6. The molecule has 0 amide bonds. The number of carboxylic acids is 1. The van der Waals surface area contributed by atoms with Gasteiger partial charge in [0.2, 0.25) is 0 Å². The Morgan fingerprint density at radius 1 is 1.10 bits per heavy atom. The van der Waals surface area contributed by atoms with E-state index in [0.717, 1.165) is 56.9 Å². The van der Waals surface area contributed by atoms with Crippen molar-refractivity contribution in [3.8, 4) is 22.8 Å². The van der Waals surface area contributed by atoms with E-state index in [0.29, 0.717) is 71.7 Å². The van der Waals surface area contributed by atoms with Gasteiger partial charge in [-0.25, -0.2) is 24.9 Å². The monoisotopic (exact) mass is 693 g/mol. The largest absolute Gasteiger partial charge is 0.481 e.